The normalized spacial score (nSPS) is 51.1. The molecule has 4 aliphatic rings. The fraction of sp³-hybridized carbons (Fsp3) is 0.926. The van der Waals surface area contributed by atoms with Gasteiger partial charge in [-0.3, -0.25) is 0 Å². The quantitative estimate of drug-likeness (QED) is 0.0847. The van der Waals surface area contributed by atoms with Crippen molar-refractivity contribution in [2.24, 2.45) is 5.73 Å². The van der Waals surface area contributed by atoms with Crippen molar-refractivity contribution in [2.75, 3.05) is 26.4 Å². The highest BCUT2D eigenvalue weighted by Crippen LogP contribution is 2.34. The smallest absolute Gasteiger partial charge is 0.187 e. The van der Waals surface area contributed by atoms with Crippen LogP contribution < -0.4 is 5.73 Å². The molecule has 20 nitrogen and oxygen atoms in total. The van der Waals surface area contributed by atoms with E-state index in [1.165, 1.54) is 13.0 Å². The van der Waals surface area contributed by atoms with Crippen LogP contribution in [-0.2, 0) is 37.9 Å². The van der Waals surface area contributed by atoms with Gasteiger partial charge in [-0.2, -0.15) is 0 Å². The third kappa shape index (κ3) is 8.13. The van der Waals surface area contributed by atoms with Crippen LogP contribution in [0.3, 0.4) is 0 Å². The zero-order valence-corrected chi connectivity index (χ0v) is 25.4. The van der Waals surface area contributed by atoms with Crippen molar-refractivity contribution >= 4 is 0 Å². The highest BCUT2D eigenvalue weighted by molar-refractivity contribution is 4.99. The number of rotatable bonds is 12. The zero-order valence-electron chi connectivity index (χ0n) is 25.4. The molecule has 0 bridgehead atoms. The summed E-state index contributed by atoms with van der Waals surface area (Å²) in [6.07, 6.45) is -29.0. The molecule has 4 aliphatic heterocycles. The number of hydrogen-bond donors (Lipinski definition) is 12. The van der Waals surface area contributed by atoms with E-state index in [4.69, 9.17) is 43.6 Å². The van der Waals surface area contributed by atoms with E-state index in [1.54, 1.807) is 0 Å². The van der Waals surface area contributed by atoms with Crippen molar-refractivity contribution in [2.45, 2.75) is 130 Å². The molecular formula is C27H47NO19. The molecule has 13 N–H and O–H groups in total. The van der Waals surface area contributed by atoms with E-state index in [9.17, 15) is 56.2 Å². The maximum Gasteiger partial charge on any atom is 0.187 e. The van der Waals surface area contributed by atoms with Crippen LogP contribution in [0, 0.1) is 0 Å². The Hall–Kier alpha value is -1.06. The Labute approximate surface area is 268 Å². The zero-order chi connectivity index (χ0) is 34.7. The van der Waals surface area contributed by atoms with Gasteiger partial charge in [-0.1, -0.05) is 6.08 Å². The first-order valence-corrected chi connectivity index (χ1v) is 15.1. The van der Waals surface area contributed by atoms with Gasteiger partial charge in [0.25, 0.3) is 0 Å². The Morgan fingerprint density at radius 1 is 0.553 bits per heavy atom. The predicted octanol–water partition coefficient (Wildman–Crippen LogP) is -7.54. The second-order valence-electron chi connectivity index (χ2n) is 11.8. The number of aliphatic hydroxyl groups is 11. The predicted molar refractivity (Wildman–Crippen MR) is 148 cm³/mol. The Bertz CT molecular complexity index is 984. The van der Waals surface area contributed by atoms with Gasteiger partial charge < -0.3 is 99.8 Å². The number of nitrogens with two attached hydrogens (primary N) is 1. The third-order valence-corrected chi connectivity index (χ3v) is 8.61. The summed E-state index contributed by atoms with van der Waals surface area (Å²) >= 11 is 0. The molecule has 47 heavy (non-hydrogen) atoms. The van der Waals surface area contributed by atoms with Gasteiger partial charge in [0, 0.05) is 0 Å². The molecule has 274 valence electrons. The molecule has 0 aromatic rings. The van der Waals surface area contributed by atoms with Gasteiger partial charge in [-0.25, -0.2) is 0 Å². The molecule has 0 amide bonds. The molecule has 20 atom stereocenters. The molecule has 4 fully saturated rings. The second-order valence-corrected chi connectivity index (χ2v) is 11.8. The summed E-state index contributed by atoms with van der Waals surface area (Å²) in [5.41, 5.74) is 6.38. The first-order chi connectivity index (χ1) is 22.3. The average Bonchev–Trinajstić information content (AvgIpc) is 3.06. The largest absolute Gasteiger partial charge is 0.394 e. The minimum atomic E-state index is -1.88. The Balaban J connectivity index is 1.57. The summed E-state index contributed by atoms with van der Waals surface area (Å²) in [4.78, 5) is 0. The van der Waals surface area contributed by atoms with Gasteiger partial charge in [0.2, 0.25) is 0 Å². The summed E-state index contributed by atoms with van der Waals surface area (Å²) in [7, 11) is 0. The monoisotopic (exact) mass is 689 g/mol. The van der Waals surface area contributed by atoms with E-state index in [0.717, 1.165) is 0 Å². The molecule has 4 saturated heterocycles. The van der Waals surface area contributed by atoms with Crippen molar-refractivity contribution in [1.29, 1.82) is 0 Å². The molecule has 12 unspecified atom stereocenters. The van der Waals surface area contributed by atoms with Crippen LogP contribution in [-0.4, -0.2) is 205 Å². The van der Waals surface area contributed by atoms with Crippen molar-refractivity contribution in [3.8, 4) is 0 Å². The molecule has 0 aromatic carbocycles. The van der Waals surface area contributed by atoms with Crippen LogP contribution in [0.25, 0.3) is 0 Å². The minimum absolute atomic E-state index is 0.0712. The van der Waals surface area contributed by atoms with Crippen LogP contribution in [0.4, 0.5) is 0 Å². The van der Waals surface area contributed by atoms with Gasteiger partial charge in [0.1, 0.15) is 85.5 Å². The molecule has 0 aromatic heterocycles. The van der Waals surface area contributed by atoms with Crippen LogP contribution in [0.15, 0.2) is 12.7 Å². The van der Waals surface area contributed by atoms with Gasteiger partial charge in [0.05, 0.1) is 38.6 Å². The average molecular weight is 690 g/mol. The van der Waals surface area contributed by atoms with Gasteiger partial charge >= 0.3 is 0 Å². The lowest BCUT2D eigenvalue weighted by Gasteiger charge is -2.49. The second kappa shape index (κ2) is 16.8. The van der Waals surface area contributed by atoms with Crippen molar-refractivity contribution in [3.05, 3.63) is 12.7 Å². The van der Waals surface area contributed by atoms with E-state index in [2.05, 4.69) is 6.58 Å². The van der Waals surface area contributed by atoms with Gasteiger partial charge in [-0.15, -0.1) is 6.58 Å². The molecule has 0 saturated carbocycles. The summed E-state index contributed by atoms with van der Waals surface area (Å²) in [5.74, 6) is 0. The highest BCUT2D eigenvalue weighted by Gasteiger charge is 2.55. The SMILES string of the molecule is C=CCO[C@@H]1OC(CO)[C@H](O)C(O[C@@H]2OC(CO)[C@H](O)C(O[C@@H]3OC(CO)[C@H](O)C(O)C3O[C@@H]3OC(C)[C@H](O)C(O)C3O)C2N)C1O. The Kier molecular flexibility index (Phi) is 13.8. The van der Waals surface area contributed by atoms with Crippen LogP contribution in [0.2, 0.25) is 0 Å². The molecule has 4 rings (SSSR count). The summed E-state index contributed by atoms with van der Waals surface area (Å²) in [5, 5.41) is 114. The van der Waals surface area contributed by atoms with Gasteiger partial charge in [-0.05, 0) is 6.92 Å². The van der Waals surface area contributed by atoms with E-state index in [-0.39, 0.29) is 6.61 Å². The molecule has 0 radical (unpaired) electrons. The lowest BCUT2D eigenvalue weighted by molar-refractivity contribution is -0.385. The lowest BCUT2D eigenvalue weighted by atomic mass is 9.95. The van der Waals surface area contributed by atoms with Crippen LogP contribution >= 0.6 is 0 Å². The van der Waals surface area contributed by atoms with E-state index in [0.29, 0.717) is 0 Å². The fourth-order valence-corrected chi connectivity index (χ4v) is 5.80. The molecule has 4 heterocycles. The Morgan fingerprint density at radius 2 is 1.06 bits per heavy atom. The summed E-state index contributed by atoms with van der Waals surface area (Å²) < 4.78 is 44.9. The maximum absolute atomic E-state index is 11.1. The third-order valence-electron chi connectivity index (χ3n) is 8.61. The standard InChI is InChI=1S/C27H47NO19/c1-3-4-40-25-20(39)22(16(35)11(7-31)43-25)46-24-12(28)21(15(34)10(6-30)42-24)45-27-23(18(37)14(33)9(5-29)44-27)47-26-19(38)17(36)13(32)8(2)41-26/h3,8-27,29-39H,1,4-7,28H2,2H3/t8?,9?,10?,11?,12?,13-,14-,15-,16-,17?,18?,19?,20?,21?,22?,23?,24-,25+,26-,27-/m0/s1. The van der Waals surface area contributed by atoms with Crippen molar-refractivity contribution < 1.29 is 94.1 Å². The van der Waals surface area contributed by atoms with Gasteiger partial charge in [0.15, 0.2) is 25.2 Å². The van der Waals surface area contributed by atoms with E-state index in [1.807, 2.05) is 0 Å². The van der Waals surface area contributed by atoms with E-state index < -0.39 is 143 Å². The number of aliphatic hydroxyl groups excluding tert-OH is 11. The maximum atomic E-state index is 11.1. The van der Waals surface area contributed by atoms with Crippen LogP contribution in [0.5, 0.6) is 0 Å². The van der Waals surface area contributed by atoms with Crippen LogP contribution in [0.1, 0.15) is 6.92 Å². The first kappa shape index (κ1) is 38.7. The first-order valence-electron chi connectivity index (χ1n) is 15.1. The Morgan fingerprint density at radius 3 is 1.66 bits per heavy atom. The molecule has 0 aliphatic carbocycles. The minimum Gasteiger partial charge on any atom is -0.394 e. The van der Waals surface area contributed by atoms with E-state index >= 15 is 0 Å². The van der Waals surface area contributed by atoms with Crippen molar-refractivity contribution in [3.63, 3.8) is 0 Å². The molecular weight excluding hydrogens is 642 g/mol. The summed E-state index contributed by atoms with van der Waals surface area (Å²) in [6.45, 7) is 2.48. The lowest BCUT2D eigenvalue weighted by Crippen LogP contribution is -2.69. The number of hydrogen-bond acceptors (Lipinski definition) is 20. The summed E-state index contributed by atoms with van der Waals surface area (Å²) in [6, 6.07) is -1.51. The topological polar surface area (TPSA) is 322 Å². The van der Waals surface area contributed by atoms with Crippen molar-refractivity contribution in [1.82, 2.24) is 0 Å². The number of ether oxygens (including phenoxy) is 8. The highest BCUT2D eigenvalue weighted by atomic mass is 16.8. The molecule has 0 spiro atoms. The fourth-order valence-electron chi connectivity index (χ4n) is 5.80. The molecule has 20 heteroatoms.